The Morgan fingerprint density at radius 2 is 1.97 bits per heavy atom. The number of nitrogens with zero attached hydrogens (tertiary/aromatic N) is 2. The highest BCUT2D eigenvalue weighted by atomic mass is 32.1. The van der Waals surface area contributed by atoms with Crippen molar-refractivity contribution in [2.45, 2.75) is 25.3 Å². The maximum atomic E-state index is 13.0. The molecule has 2 aromatic carbocycles. The van der Waals surface area contributed by atoms with Crippen LogP contribution in [-0.4, -0.2) is 40.0 Å². The van der Waals surface area contributed by atoms with Gasteiger partial charge >= 0.3 is 6.03 Å². The molecule has 0 spiro atoms. The number of carbonyl (C=O) groups excluding carboxylic acids is 2. The largest absolute Gasteiger partial charge is 0.395 e. The van der Waals surface area contributed by atoms with Crippen LogP contribution in [0, 0.1) is 0 Å². The fourth-order valence-corrected chi connectivity index (χ4v) is 5.15. The molecule has 0 saturated heterocycles. The molecule has 4 N–H and O–H groups in total. The zero-order chi connectivity index (χ0) is 24.9. The first-order valence-corrected chi connectivity index (χ1v) is 12.7. The number of aryl methyl sites for hydroxylation is 1. The van der Waals surface area contributed by atoms with Gasteiger partial charge in [0.2, 0.25) is 5.91 Å². The van der Waals surface area contributed by atoms with E-state index in [4.69, 9.17) is 10.2 Å². The maximum Gasteiger partial charge on any atom is 0.320 e. The number of fused-ring (bicyclic) bond motifs is 1. The third-order valence-electron chi connectivity index (χ3n) is 6.12. The molecule has 36 heavy (non-hydrogen) atoms. The van der Waals surface area contributed by atoms with Crippen LogP contribution in [0.4, 0.5) is 10.6 Å². The van der Waals surface area contributed by atoms with E-state index in [9.17, 15) is 9.59 Å². The second kappa shape index (κ2) is 10.8. The van der Waals surface area contributed by atoms with Crippen LogP contribution < -0.4 is 16.0 Å². The highest BCUT2D eigenvalue weighted by Gasteiger charge is 2.24. The van der Waals surface area contributed by atoms with E-state index in [0.29, 0.717) is 5.82 Å². The van der Waals surface area contributed by atoms with E-state index >= 15 is 0 Å². The number of urea groups is 1. The van der Waals surface area contributed by atoms with Crippen molar-refractivity contribution in [3.8, 4) is 16.3 Å². The van der Waals surface area contributed by atoms with Crippen LogP contribution >= 0.6 is 11.3 Å². The van der Waals surface area contributed by atoms with Gasteiger partial charge in [-0.3, -0.25) is 10.1 Å². The van der Waals surface area contributed by atoms with Crippen molar-refractivity contribution in [3.05, 3.63) is 88.8 Å². The summed E-state index contributed by atoms with van der Waals surface area (Å²) in [6.07, 6.45) is 1.99. The minimum atomic E-state index is -0.296. The Morgan fingerprint density at radius 1 is 1.08 bits per heavy atom. The standard InChI is InChI=1S/C27H27N5O3S/c33-13-12-28-26(34)16-18-5-3-7-20(15-18)32-25(17-23(31-32)24-9-4-14-36-24)30-27(35)29-22-11-10-19-6-1-2-8-21(19)22/h1-9,14-15,17,22,33H,10-13,16H2,(H,28,34)(H2,29,30,35). The summed E-state index contributed by atoms with van der Waals surface area (Å²) in [6.45, 7) is 0.116. The predicted molar refractivity (Wildman–Crippen MR) is 140 cm³/mol. The van der Waals surface area contributed by atoms with Crippen LogP contribution in [0.3, 0.4) is 0 Å². The molecule has 2 aromatic heterocycles. The first kappa shape index (κ1) is 23.8. The van der Waals surface area contributed by atoms with Gasteiger partial charge in [-0.2, -0.15) is 5.10 Å². The molecule has 1 atom stereocenters. The number of hydrogen-bond acceptors (Lipinski definition) is 5. The number of hydrogen-bond donors (Lipinski definition) is 4. The normalized spacial score (nSPS) is 14.3. The fourth-order valence-electron chi connectivity index (χ4n) is 4.47. The molecule has 1 aliphatic carbocycles. The first-order chi connectivity index (χ1) is 17.6. The molecular weight excluding hydrogens is 474 g/mol. The topological polar surface area (TPSA) is 108 Å². The van der Waals surface area contributed by atoms with Crippen LogP contribution in [0.15, 0.2) is 72.1 Å². The van der Waals surface area contributed by atoms with E-state index in [2.05, 4.69) is 28.1 Å². The molecule has 2 heterocycles. The summed E-state index contributed by atoms with van der Waals surface area (Å²) in [7, 11) is 0. The Hall–Kier alpha value is -3.95. The van der Waals surface area contributed by atoms with Crippen molar-refractivity contribution in [3.63, 3.8) is 0 Å². The van der Waals surface area contributed by atoms with Crippen molar-refractivity contribution >= 4 is 29.1 Å². The lowest BCUT2D eigenvalue weighted by atomic mass is 10.1. The van der Waals surface area contributed by atoms with E-state index in [1.165, 1.54) is 5.56 Å². The molecule has 3 amide bonds. The number of rotatable bonds is 8. The number of carbonyl (C=O) groups is 2. The lowest BCUT2D eigenvalue weighted by Crippen LogP contribution is -2.32. The monoisotopic (exact) mass is 501 g/mol. The second-order valence-electron chi connectivity index (χ2n) is 8.61. The zero-order valence-electron chi connectivity index (χ0n) is 19.6. The Bertz CT molecular complexity index is 1370. The third kappa shape index (κ3) is 5.32. The SMILES string of the molecule is O=C(Cc1cccc(-n2nc(-c3cccs3)cc2NC(=O)NC2CCc3ccccc32)c1)NCCO. The third-order valence-corrected chi connectivity index (χ3v) is 7.01. The smallest absolute Gasteiger partial charge is 0.320 e. The Labute approximate surface area is 213 Å². The number of aliphatic hydroxyl groups is 1. The molecule has 1 aliphatic rings. The van der Waals surface area contributed by atoms with E-state index in [1.54, 1.807) is 16.0 Å². The molecule has 184 valence electrons. The van der Waals surface area contributed by atoms with Crippen LogP contribution in [0.2, 0.25) is 0 Å². The molecule has 0 aliphatic heterocycles. The molecule has 8 nitrogen and oxygen atoms in total. The molecule has 5 rings (SSSR count). The Morgan fingerprint density at radius 3 is 2.81 bits per heavy atom. The lowest BCUT2D eigenvalue weighted by Gasteiger charge is -2.15. The van der Waals surface area contributed by atoms with Gasteiger partial charge in [0.05, 0.1) is 29.6 Å². The van der Waals surface area contributed by atoms with Gasteiger partial charge in [0.1, 0.15) is 11.5 Å². The zero-order valence-corrected chi connectivity index (χ0v) is 20.4. The van der Waals surface area contributed by atoms with Gasteiger partial charge in [0.15, 0.2) is 0 Å². The summed E-state index contributed by atoms with van der Waals surface area (Å²) in [4.78, 5) is 26.2. The summed E-state index contributed by atoms with van der Waals surface area (Å²) in [5.41, 5.74) is 4.71. The van der Waals surface area contributed by atoms with Crippen molar-refractivity contribution in [1.82, 2.24) is 20.4 Å². The van der Waals surface area contributed by atoms with Crippen molar-refractivity contribution in [1.29, 1.82) is 0 Å². The Kier molecular flexibility index (Phi) is 7.11. The average molecular weight is 502 g/mol. The quantitative estimate of drug-likeness (QED) is 0.292. The molecule has 0 fully saturated rings. The van der Waals surface area contributed by atoms with Gasteiger partial charge in [-0.05, 0) is 53.1 Å². The molecule has 1 unspecified atom stereocenters. The van der Waals surface area contributed by atoms with Crippen LogP contribution in [0.5, 0.6) is 0 Å². The molecule has 4 aromatic rings. The maximum absolute atomic E-state index is 13.0. The molecule has 0 bridgehead atoms. The number of amides is 3. The van der Waals surface area contributed by atoms with Crippen molar-refractivity contribution in [2.75, 3.05) is 18.5 Å². The fraction of sp³-hybridized carbons (Fsp3) is 0.222. The second-order valence-corrected chi connectivity index (χ2v) is 9.56. The van der Waals surface area contributed by atoms with Crippen molar-refractivity contribution < 1.29 is 14.7 Å². The van der Waals surface area contributed by atoms with Gasteiger partial charge in [0.25, 0.3) is 0 Å². The number of anilines is 1. The van der Waals surface area contributed by atoms with Crippen LogP contribution in [0.1, 0.15) is 29.2 Å². The number of aromatic nitrogens is 2. The van der Waals surface area contributed by atoms with Gasteiger partial charge in [0, 0.05) is 12.6 Å². The Balaban J connectivity index is 1.39. The van der Waals surface area contributed by atoms with E-state index in [1.807, 2.05) is 60.0 Å². The predicted octanol–water partition coefficient (Wildman–Crippen LogP) is 4.06. The number of nitrogens with one attached hydrogen (secondary N) is 3. The molecular formula is C27H27N5O3S. The molecule has 0 saturated carbocycles. The summed E-state index contributed by atoms with van der Waals surface area (Å²) in [5, 5.41) is 24.4. The minimum absolute atomic E-state index is 0.0323. The van der Waals surface area contributed by atoms with Crippen molar-refractivity contribution in [2.24, 2.45) is 0 Å². The van der Waals surface area contributed by atoms with Crippen LogP contribution in [-0.2, 0) is 17.6 Å². The van der Waals surface area contributed by atoms with Gasteiger partial charge < -0.3 is 15.7 Å². The average Bonchev–Trinajstić information content (AvgIpc) is 3.63. The number of aliphatic hydroxyl groups excluding tert-OH is 1. The van der Waals surface area contributed by atoms with Gasteiger partial charge in [-0.15, -0.1) is 11.3 Å². The summed E-state index contributed by atoms with van der Waals surface area (Å²) in [5.74, 6) is 0.361. The van der Waals surface area contributed by atoms with E-state index in [0.717, 1.165) is 40.2 Å². The highest BCUT2D eigenvalue weighted by Crippen LogP contribution is 2.31. The van der Waals surface area contributed by atoms with E-state index < -0.39 is 0 Å². The minimum Gasteiger partial charge on any atom is -0.395 e. The van der Waals surface area contributed by atoms with E-state index in [-0.39, 0.29) is 37.6 Å². The lowest BCUT2D eigenvalue weighted by molar-refractivity contribution is -0.120. The summed E-state index contributed by atoms with van der Waals surface area (Å²) < 4.78 is 1.69. The van der Waals surface area contributed by atoms with Gasteiger partial charge in [-0.25, -0.2) is 9.48 Å². The summed E-state index contributed by atoms with van der Waals surface area (Å²) in [6, 6.07) is 21.1. The highest BCUT2D eigenvalue weighted by molar-refractivity contribution is 7.13. The van der Waals surface area contributed by atoms with Crippen LogP contribution in [0.25, 0.3) is 16.3 Å². The molecule has 0 radical (unpaired) electrons. The summed E-state index contributed by atoms with van der Waals surface area (Å²) >= 11 is 1.57. The number of thiophene rings is 1. The van der Waals surface area contributed by atoms with Gasteiger partial charge in [-0.1, -0.05) is 42.5 Å². The number of benzene rings is 2. The molecule has 9 heteroatoms. The first-order valence-electron chi connectivity index (χ1n) is 11.9.